The normalized spacial score (nSPS) is 18.5. The summed E-state index contributed by atoms with van der Waals surface area (Å²) < 4.78 is 5.44. The van der Waals surface area contributed by atoms with Gasteiger partial charge in [-0.3, -0.25) is 4.90 Å². The minimum atomic E-state index is -0.404. The van der Waals surface area contributed by atoms with E-state index in [0.717, 1.165) is 32.0 Å². The van der Waals surface area contributed by atoms with Gasteiger partial charge < -0.3 is 14.7 Å². The SMILES string of the molecule is CC(C)OC[C@@H](O)CN1CCN(c2ccccn2)CC1. The minimum absolute atomic E-state index is 0.172. The van der Waals surface area contributed by atoms with E-state index in [2.05, 4.69) is 14.8 Å². The second kappa shape index (κ2) is 7.57. The average Bonchev–Trinajstić information content (AvgIpc) is 2.47. The fourth-order valence-corrected chi connectivity index (χ4v) is 2.35. The van der Waals surface area contributed by atoms with E-state index in [4.69, 9.17) is 4.74 Å². The topological polar surface area (TPSA) is 48.8 Å². The Morgan fingerprint density at radius 2 is 2.00 bits per heavy atom. The molecule has 1 aromatic heterocycles. The molecule has 1 aliphatic heterocycles. The van der Waals surface area contributed by atoms with Crippen LogP contribution in [-0.2, 0) is 4.74 Å². The van der Waals surface area contributed by atoms with Gasteiger partial charge in [-0.15, -0.1) is 0 Å². The Kier molecular flexibility index (Phi) is 5.76. The molecule has 2 heterocycles. The summed E-state index contributed by atoms with van der Waals surface area (Å²) in [5.41, 5.74) is 0. The fraction of sp³-hybridized carbons (Fsp3) is 0.667. The predicted molar refractivity (Wildman–Crippen MR) is 80.0 cm³/mol. The highest BCUT2D eigenvalue weighted by atomic mass is 16.5. The van der Waals surface area contributed by atoms with Crippen molar-refractivity contribution in [2.75, 3.05) is 44.2 Å². The zero-order valence-corrected chi connectivity index (χ0v) is 12.4. The second-order valence-electron chi connectivity index (χ2n) is 5.51. The van der Waals surface area contributed by atoms with Gasteiger partial charge in [-0.2, -0.15) is 0 Å². The fourth-order valence-electron chi connectivity index (χ4n) is 2.35. The number of β-amino-alcohol motifs (C(OH)–C–C–N with tert-alkyl or cyclic N) is 1. The van der Waals surface area contributed by atoms with Gasteiger partial charge in [0.1, 0.15) is 5.82 Å². The first-order valence-corrected chi connectivity index (χ1v) is 7.33. The molecule has 0 saturated carbocycles. The molecule has 1 aromatic rings. The molecule has 5 heteroatoms. The molecule has 0 amide bonds. The Labute approximate surface area is 121 Å². The number of piperazine rings is 1. The van der Waals surface area contributed by atoms with Crippen molar-refractivity contribution < 1.29 is 9.84 Å². The molecule has 0 bridgehead atoms. The highest BCUT2D eigenvalue weighted by Crippen LogP contribution is 2.12. The van der Waals surface area contributed by atoms with E-state index in [1.54, 1.807) is 0 Å². The lowest BCUT2D eigenvalue weighted by Gasteiger charge is -2.36. The van der Waals surface area contributed by atoms with E-state index in [0.29, 0.717) is 13.2 Å². The number of anilines is 1. The van der Waals surface area contributed by atoms with Gasteiger partial charge in [0, 0.05) is 38.9 Å². The Bertz CT molecular complexity index is 378. The molecule has 1 saturated heterocycles. The molecule has 0 radical (unpaired) electrons. The molecule has 1 aliphatic rings. The van der Waals surface area contributed by atoms with E-state index in [1.807, 2.05) is 38.2 Å². The molecule has 0 aromatic carbocycles. The highest BCUT2D eigenvalue weighted by Gasteiger charge is 2.20. The van der Waals surface area contributed by atoms with Crippen LogP contribution in [0.25, 0.3) is 0 Å². The maximum absolute atomic E-state index is 9.94. The Morgan fingerprint density at radius 1 is 1.25 bits per heavy atom. The van der Waals surface area contributed by atoms with Crippen molar-refractivity contribution in [3.05, 3.63) is 24.4 Å². The largest absolute Gasteiger partial charge is 0.389 e. The number of hydrogen-bond acceptors (Lipinski definition) is 5. The van der Waals surface area contributed by atoms with Crippen molar-refractivity contribution in [1.82, 2.24) is 9.88 Å². The van der Waals surface area contributed by atoms with E-state index in [-0.39, 0.29) is 6.10 Å². The van der Waals surface area contributed by atoms with Crippen molar-refractivity contribution in [3.63, 3.8) is 0 Å². The molecule has 0 aliphatic carbocycles. The molecular formula is C15H25N3O2. The minimum Gasteiger partial charge on any atom is -0.389 e. The summed E-state index contributed by atoms with van der Waals surface area (Å²) in [6, 6.07) is 5.99. The summed E-state index contributed by atoms with van der Waals surface area (Å²) in [5, 5.41) is 9.94. The number of ether oxygens (including phenoxy) is 1. The third-order valence-electron chi connectivity index (χ3n) is 3.44. The first-order valence-electron chi connectivity index (χ1n) is 7.33. The van der Waals surface area contributed by atoms with Crippen molar-refractivity contribution in [2.45, 2.75) is 26.1 Å². The van der Waals surface area contributed by atoms with Crippen molar-refractivity contribution >= 4 is 5.82 Å². The van der Waals surface area contributed by atoms with Crippen molar-refractivity contribution in [1.29, 1.82) is 0 Å². The van der Waals surface area contributed by atoms with E-state index >= 15 is 0 Å². The summed E-state index contributed by atoms with van der Waals surface area (Å²) in [5.74, 6) is 1.04. The Morgan fingerprint density at radius 3 is 2.60 bits per heavy atom. The lowest BCUT2D eigenvalue weighted by atomic mass is 10.2. The average molecular weight is 279 g/mol. The van der Waals surface area contributed by atoms with Gasteiger partial charge in [0.15, 0.2) is 0 Å². The van der Waals surface area contributed by atoms with Crippen LogP contribution in [0.1, 0.15) is 13.8 Å². The van der Waals surface area contributed by atoms with Gasteiger partial charge in [-0.05, 0) is 26.0 Å². The van der Waals surface area contributed by atoms with Gasteiger partial charge in [-0.25, -0.2) is 4.98 Å². The predicted octanol–water partition coefficient (Wildman–Crippen LogP) is 0.989. The quantitative estimate of drug-likeness (QED) is 0.841. The number of pyridine rings is 1. The summed E-state index contributed by atoms with van der Waals surface area (Å²) in [4.78, 5) is 8.95. The van der Waals surface area contributed by atoms with Gasteiger partial charge in [0.05, 0.1) is 18.8 Å². The summed E-state index contributed by atoms with van der Waals surface area (Å²) in [6.07, 6.45) is 1.60. The monoisotopic (exact) mass is 279 g/mol. The van der Waals surface area contributed by atoms with Crippen LogP contribution in [0, 0.1) is 0 Å². The molecule has 1 N–H and O–H groups in total. The summed E-state index contributed by atoms with van der Waals surface area (Å²) >= 11 is 0. The second-order valence-corrected chi connectivity index (χ2v) is 5.51. The third kappa shape index (κ3) is 4.74. The molecule has 112 valence electrons. The molecule has 20 heavy (non-hydrogen) atoms. The van der Waals surface area contributed by atoms with Crippen LogP contribution in [0.5, 0.6) is 0 Å². The van der Waals surface area contributed by atoms with E-state index in [9.17, 15) is 5.11 Å². The van der Waals surface area contributed by atoms with Gasteiger partial charge in [-0.1, -0.05) is 6.07 Å². The van der Waals surface area contributed by atoms with E-state index < -0.39 is 6.10 Å². The van der Waals surface area contributed by atoms with Crippen LogP contribution in [0.15, 0.2) is 24.4 Å². The van der Waals surface area contributed by atoms with Crippen LogP contribution in [0.4, 0.5) is 5.82 Å². The molecule has 1 atom stereocenters. The Balaban J connectivity index is 1.71. The maximum Gasteiger partial charge on any atom is 0.128 e. The zero-order chi connectivity index (χ0) is 14.4. The smallest absolute Gasteiger partial charge is 0.128 e. The van der Waals surface area contributed by atoms with Crippen LogP contribution in [0.3, 0.4) is 0 Å². The van der Waals surface area contributed by atoms with Crippen LogP contribution < -0.4 is 4.90 Å². The molecule has 2 rings (SSSR count). The molecule has 0 spiro atoms. The summed E-state index contributed by atoms with van der Waals surface area (Å²) in [7, 11) is 0. The van der Waals surface area contributed by atoms with E-state index in [1.165, 1.54) is 0 Å². The Hall–Kier alpha value is -1.17. The number of aliphatic hydroxyl groups is 1. The first kappa shape index (κ1) is 15.2. The third-order valence-corrected chi connectivity index (χ3v) is 3.44. The summed E-state index contributed by atoms with van der Waals surface area (Å²) in [6.45, 7) is 8.88. The van der Waals surface area contributed by atoms with Crippen LogP contribution in [-0.4, -0.2) is 66.5 Å². The van der Waals surface area contributed by atoms with Gasteiger partial charge in [0.2, 0.25) is 0 Å². The van der Waals surface area contributed by atoms with Gasteiger partial charge in [0.25, 0.3) is 0 Å². The highest BCUT2D eigenvalue weighted by molar-refractivity contribution is 5.38. The number of rotatable bonds is 6. The number of hydrogen-bond donors (Lipinski definition) is 1. The van der Waals surface area contributed by atoms with Crippen LogP contribution >= 0.6 is 0 Å². The van der Waals surface area contributed by atoms with Gasteiger partial charge >= 0.3 is 0 Å². The lowest BCUT2D eigenvalue weighted by Crippen LogP contribution is -2.49. The number of nitrogens with zero attached hydrogens (tertiary/aromatic N) is 3. The lowest BCUT2D eigenvalue weighted by molar-refractivity contribution is -0.00900. The first-order chi connectivity index (χ1) is 9.65. The molecule has 1 fully saturated rings. The number of aliphatic hydroxyl groups excluding tert-OH is 1. The zero-order valence-electron chi connectivity index (χ0n) is 12.4. The van der Waals surface area contributed by atoms with Crippen molar-refractivity contribution in [2.24, 2.45) is 0 Å². The molecule has 5 nitrogen and oxygen atoms in total. The molecular weight excluding hydrogens is 254 g/mol. The van der Waals surface area contributed by atoms with Crippen molar-refractivity contribution in [3.8, 4) is 0 Å². The maximum atomic E-state index is 9.94. The number of aromatic nitrogens is 1. The molecule has 0 unspecified atom stereocenters. The standard InChI is InChI=1S/C15H25N3O2/c1-13(2)20-12-14(19)11-17-7-9-18(10-8-17)15-5-3-4-6-16-15/h3-6,13-14,19H,7-12H2,1-2H3/t14-/m0/s1. The van der Waals surface area contributed by atoms with Crippen LogP contribution in [0.2, 0.25) is 0 Å².